The zero-order valence-electron chi connectivity index (χ0n) is 25.4. The Morgan fingerprint density at radius 1 is 0.953 bits per heavy atom. The third-order valence-electron chi connectivity index (χ3n) is 9.17. The second-order valence-corrected chi connectivity index (χ2v) is 12.7. The molecule has 1 aromatic carbocycles. The molecule has 2 heterocycles. The molecule has 1 aromatic rings. The molecule has 2 aliphatic heterocycles. The number of carbonyl (C=O) groups excluding carboxylic acids is 4. The van der Waals surface area contributed by atoms with Gasteiger partial charge in [0, 0.05) is 19.5 Å². The molecular formula is C32H46N4O7. The van der Waals surface area contributed by atoms with E-state index in [1.54, 1.807) is 14.0 Å². The number of ether oxygens (including phenoxy) is 3. The van der Waals surface area contributed by atoms with Gasteiger partial charge in [-0.15, -0.1) is 0 Å². The Labute approximate surface area is 253 Å². The highest BCUT2D eigenvalue weighted by Gasteiger charge is 2.50. The predicted molar refractivity (Wildman–Crippen MR) is 158 cm³/mol. The van der Waals surface area contributed by atoms with Crippen LogP contribution in [0.3, 0.4) is 0 Å². The van der Waals surface area contributed by atoms with Crippen molar-refractivity contribution in [2.45, 2.75) is 82.0 Å². The topological polar surface area (TPSA) is 139 Å². The van der Waals surface area contributed by atoms with E-state index in [-0.39, 0.29) is 36.5 Å². The zero-order valence-corrected chi connectivity index (χ0v) is 25.4. The fourth-order valence-electron chi connectivity index (χ4n) is 6.18. The molecule has 0 radical (unpaired) electrons. The molecule has 3 amide bonds. The second kappa shape index (κ2) is 14.2. The van der Waals surface area contributed by atoms with Crippen LogP contribution in [0.5, 0.6) is 5.75 Å². The number of rotatable bonds is 15. The molecule has 11 heteroatoms. The lowest BCUT2D eigenvalue weighted by molar-refractivity contribution is -0.135. The number of nitrogens with zero attached hydrogens (tertiary/aromatic N) is 1. The first-order chi connectivity index (χ1) is 20.7. The summed E-state index contributed by atoms with van der Waals surface area (Å²) in [6, 6.07) is 4.97. The number of hydrogen-bond acceptors (Lipinski definition) is 8. The maximum Gasteiger partial charge on any atom is 0.243 e. The summed E-state index contributed by atoms with van der Waals surface area (Å²) in [6.07, 6.45) is 6.79. The Kier molecular flexibility index (Phi) is 10.4. The SMILES string of the molecule is COc1ccc(CC(NC(=O)C(NC(=O)CN2CCOCC2)C2CC2)C(=O)NC(CC2CCCC2)C(=O)C2(C)CO2)cc1. The van der Waals surface area contributed by atoms with Gasteiger partial charge in [-0.1, -0.05) is 37.8 Å². The molecule has 3 N–H and O–H groups in total. The third kappa shape index (κ3) is 8.77. The van der Waals surface area contributed by atoms with E-state index >= 15 is 0 Å². The van der Waals surface area contributed by atoms with Crippen molar-refractivity contribution in [3.8, 4) is 5.75 Å². The molecule has 43 heavy (non-hydrogen) atoms. The number of morpholine rings is 1. The van der Waals surface area contributed by atoms with Crippen LogP contribution < -0.4 is 20.7 Å². The Balaban J connectivity index is 1.29. The van der Waals surface area contributed by atoms with Crippen LogP contribution in [-0.2, 0) is 35.1 Å². The van der Waals surface area contributed by atoms with Crippen molar-refractivity contribution >= 4 is 23.5 Å². The van der Waals surface area contributed by atoms with Gasteiger partial charge in [0.2, 0.25) is 17.7 Å². The number of ketones is 1. The lowest BCUT2D eigenvalue weighted by Gasteiger charge is -2.28. The van der Waals surface area contributed by atoms with Crippen LogP contribution in [-0.4, -0.2) is 98.7 Å². The molecule has 11 nitrogen and oxygen atoms in total. The van der Waals surface area contributed by atoms with Crippen LogP contribution in [0.1, 0.15) is 57.4 Å². The molecule has 4 atom stereocenters. The summed E-state index contributed by atoms with van der Waals surface area (Å²) < 4.78 is 16.1. The van der Waals surface area contributed by atoms with Crippen LogP contribution >= 0.6 is 0 Å². The van der Waals surface area contributed by atoms with Gasteiger partial charge < -0.3 is 30.2 Å². The largest absolute Gasteiger partial charge is 0.497 e. The number of carbonyl (C=O) groups is 4. The molecule has 0 spiro atoms. The van der Waals surface area contributed by atoms with Crippen LogP contribution in [0.25, 0.3) is 0 Å². The maximum atomic E-state index is 13.9. The van der Waals surface area contributed by atoms with E-state index in [4.69, 9.17) is 14.2 Å². The fraction of sp³-hybridized carbons (Fsp3) is 0.688. The summed E-state index contributed by atoms with van der Waals surface area (Å²) in [7, 11) is 1.59. The smallest absolute Gasteiger partial charge is 0.243 e. The Bertz CT molecular complexity index is 1140. The highest BCUT2D eigenvalue weighted by Crippen LogP contribution is 2.34. The van der Waals surface area contributed by atoms with Crippen molar-refractivity contribution < 1.29 is 33.4 Å². The van der Waals surface area contributed by atoms with Crippen LogP contribution in [0, 0.1) is 11.8 Å². The highest BCUT2D eigenvalue weighted by molar-refractivity contribution is 5.98. The third-order valence-corrected chi connectivity index (χ3v) is 9.17. The van der Waals surface area contributed by atoms with Gasteiger partial charge in [0.1, 0.15) is 23.4 Å². The summed E-state index contributed by atoms with van der Waals surface area (Å²) in [6.45, 7) is 4.81. The number of Topliss-reactive ketones (excluding diaryl/α,β-unsaturated/α-hetero) is 1. The summed E-state index contributed by atoms with van der Waals surface area (Å²) >= 11 is 0. The average molecular weight is 599 g/mol. The first-order valence-corrected chi connectivity index (χ1v) is 15.8. The van der Waals surface area contributed by atoms with E-state index in [9.17, 15) is 19.2 Å². The minimum atomic E-state index is -0.940. The number of epoxide rings is 1. The fourth-order valence-corrected chi connectivity index (χ4v) is 6.18. The van der Waals surface area contributed by atoms with E-state index < -0.39 is 29.6 Å². The summed E-state index contributed by atoms with van der Waals surface area (Å²) in [4.78, 5) is 55.9. The number of nitrogens with one attached hydrogen (secondary N) is 3. The van der Waals surface area contributed by atoms with Crippen molar-refractivity contribution in [3.05, 3.63) is 29.8 Å². The van der Waals surface area contributed by atoms with Crippen molar-refractivity contribution in [1.82, 2.24) is 20.9 Å². The highest BCUT2D eigenvalue weighted by atomic mass is 16.6. The summed E-state index contributed by atoms with van der Waals surface area (Å²) in [5.41, 5.74) is -0.0376. The molecule has 2 saturated heterocycles. The quantitative estimate of drug-likeness (QED) is 0.258. The second-order valence-electron chi connectivity index (χ2n) is 12.7. The number of hydrogen-bond donors (Lipinski definition) is 3. The number of amides is 3. The summed E-state index contributed by atoms with van der Waals surface area (Å²) in [5, 5.41) is 8.88. The van der Waals surface area contributed by atoms with Gasteiger partial charge in [-0.2, -0.15) is 0 Å². The van der Waals surface area contributed by atoms with E-state index in [2.05, 4.69) is 16.0 Å². The maximum absolute atomic E-state index is 13.9. The van der Waals surface area contributed by atoms with Gasteiger partial charge in [-0.05, 0) is 55.7 Å². The van der Waals surface area contributed by atoms with Gasteiger partial charge in [0.05, 0.1) is 39.5 Å². The number of benzene rings is 1. The van der Waals surface area contributed by atoms with E-state index in [1.165, 1.54) is 0 Å². The first-order valence-electron chi connectivity index (χ1n) is 15.8. The predicted octanol–water partition coefficient (Wildman–Crippen LogP) is 1.37. The van der Waals surface area contributed by atoms with E-state index in [1.807, 2.05) is 29.2 Å². The molecule has 5 rings (SSSR count). The molecule has 4 unspecified atom stereocenters. The van der Waals surface area contributed by atoms with E-state index in [0.29, 0.717) is 51.0 Å². The lowest BCUT2D eigenvalue weighted by atomic mass is 9.90. The Morgan fingerprint density at radius 3 is 2.21 bits per heavy atom. The van der Waals surface area contributed by atoms with Crippen LogP contribution in [0.15, 0.2) is 24.3 Å². The standard InChI is InChI=1S/C32H46N4O7/c1-32(20-43-32)29(38)25(17-21-5-3-4-6-21)33-30(39)26(18-22-7-11-24(41-2)12-8-22)34-31(40)28(23-9-10-23)35-27(37)19-36-13-15-42-16-14-36/h7-8,11-12,21,23,25-26,28H,3-6,9-10,13-20H2,1-2H3,(H,33,39)(H,34,40)(H,35,37). The minimum absolute atomic E-state index is 0.0296. The molecule has 0 bridgehead atoms. The minimum Gasteiger partial charge on any atom is -0.497 e. The van der Waals surface area contributed by atoms with Crippen LogP contribution in [0.2, 0.25) is 0 Å². The van der Waals surface area contributed by atoms with Gasteiger partial charge >= 0.3 is 0 Å². The molecular weight excluding hydrogens is 552 g/mol. The summed E-state index contributed by atoms with van der Waals surface area (Å²) in [5.74, 6) is -0.0558. The van der Waals surface area contributed by atoms with Gasteiger partial charge in [-0.3, -0.25) is 24.1 Å². The van der Waals surface area contributed by atoms with Gasteiger partial charge in [0.15, 0.2) is 5.78 Å². The normalized spacial score (nSPS) is 24.4. The van der Waals surface area contributed by atoms with Crippen molar-refractivity contribution in [2.75, 3.05) is 46.6 Å². The van der Waals surface area contributed by atoms with Crippen LogP contribution in [0.4, 0.5) is 0 Å². The molecule has 236 valence electrons. The molecule has 2 saturated carbocycles. The van der Waals surface area contributed by atoms with Crippen molar-refractivity contribution in [2.24, 2.45) is 11.8 Å². The van der Waals surface area contributed by atoms with Gasteiger partial charge in [0.25, 0.3) is 0 Å². The lowest BCUT2D eigenvalue weighted by Crippen LogP contribution is -2.58. The van der Waals surface area contributed by atoms with Crippen molar-refractivity contribution in [3.63, 3.8) is 0 Å². The zero-order chi connectivity index (χ0) is 30.4. The molecule has 4 aliphatic rings. The van der Waals surface area contributed by atoms with Crippen molar-refractivity contribution in [1.29, 1.82) is 0 Å². The number of methoxy groups -OCH3 is 1. The Hall–Kier alpha value is -3.02. The molecule has 2 aliphatic carbocycles. The first kappa shape index (κ1) is 31.4. The molecule has 4 fully saturated rings. The van der Waals surface area contributed by atoms with E-state index in [0.717, 1.165) is 44.1 Å². The van der Waals surface area contributed by atoms with Gasteiger partial charge in [-0.25, -0.2) is 0 Å². The molecule has 0 aromatic heterocycles. The monoisotopic (exact) mass is 598 g/mol. The Morgan fingerprint density at radius 2 is 1.60 bits per heavy atom. The average Bonchev–Trinajstić information content (AvgIpc) is 3.94.